The first kappa shape index (κ1) is 12.6. The van der Waals surface area contributed by atoms with Gasteiger partial charge in [0.15, 0.2) is 0 Å². The van der Waals surface area contributed by atoms with Gasteiger partial charge in [0.05, 0.1) is 12.2 Å². The lowest BCUT2D eigenvalue weighted by Gasteiger charge is -2.17. The van der Waals surface area contributed by atoms with Crippen molar-refractivity contribution in [1.82, 2.24) is 10.3 Å². The quantitative estimate of drug-likeness (QED) is 0.801. The second-order valence-corrected chi connectivity index (χ2v) is 4.71. The first-order valence-electron chi connectivity index (χ1n) is 5.34. The predicted octanol–water partition coefficient (Wildman–Crippen LogP) is 1.13. The van der Waals surface area contributed by atoms with Gasteiger partial charge in [-0.25, -0.2) is 0 Å². The van der Waals surface area contributed by atoms with Crippen molar-refractivity contribution in [3.63, 3.8) is 0 Å². The van der Waals surface area contributed by atoms with Gasteiger partial charge < -0.3 is 11.1 Å². The molecule has 1 aromatic rings. The Morgan fingerprint density at radius 3 is 2.81 bits per heavy atom. The molecule has 0 fully saturated rings. The third-order valence-electron chi connectivity index (χ3n) is 2.19. The highest BCUT2D eigenvalue weighted by atomic mass is 16.1. The van der Waals surface area contributed by atoms with Crippen molar-refractivity contribution in [3.8, 4) is 0 Å². The summed E-state index contributed by atoms with van der Waals surface area (Å²) < 4.78 is 0. The van der Waals surface area contributed by atoms with Crippen LogP contribution in [0.4, 0.5) is 0 Å². The number of aromatic nitrogens is 1. The molecule has 0 aromatic carbocycles. The van der Waals surface area contributed by atoms with E-state index in [0.29, 0.717) is 13.0 Å². The third-order valence-corrected chi connectivity index (χ3v) is 2.19. The van der Waals surface area contributed by atoms with Crippen LogP contribution in [0.3, 0.4) is 0 Å². The monoisotopic (exact) mass is 221 g/mol. The average Bonchev–Trinajstić information content (AvgIpc) is 2.14. The fourth-order valence-electron chi connectivity index (χ4n) is 1.36. The molecule has 0 spiro atoms. The normalized spacial score (nSPS) is 11.2. The van der Waals surface area contributed by atoms with Crippen LogP contribution in [0.5, 0.6) is 0 Å². The summed E-state index contributed by atoms with van der Waals surface area (Å²) in [6.45, 7) is 6.10. The van der Waals surface area contributed by atoms with Crippen molar-refractivity contribution in [2.75, 3.05) is 0 Å². The lowest BCUT2D eigenvalue weighted by molar-refractivity contribution is -0.122. The maximum absolute atomic E-state index is 11.5. The van der Waals surface area contributed by atoms with Crippen molar-refractivity contribution in [2.24, 2.45) is 5.73 Å². The highest BCUT2D eigenvalue weighted by Crippen LogP contribution is 2.05. The molecule has 0 bridgehead atoms. The minimum atomic E-state index is -0.469. The van der Waals surface area contributed by atoms with Crippen molar-refractivity contribution in [2.45, 2.75) is 39.3 Å². The molecular weight excluding hydrogens is 202 g/mol. The second kappa shape index (κ2) is 5.07. The Morgan fingerprint density at radius 1 is 1.56 bits per heavy atom. The van der Waals surface area contributed by atoms with Crippen LogP contribution in [-0.2, 0) is 11.3 Å². The second-order valence-electron chi connectivity index (χ2n) is 4.71. The van der Waals surface area contributed by atoms with E-state index in [-0.39, 0.29) is 5.91 Å². The number of nitrogens with one attached hydrogen (secondary N) is 1. The Labute approximate surface area is 96.3 Å². The largest absolute Gasteiger partial charge is 0.350 e. The molecule has 3 N–H and O–H groups in total. The van der Waals surface area contributed by atoms with Crippen LogP contribution in [0.25, 0.3) is 0 Å². The van der Waals surface area contributed by atoms with E-state index in [4.69, 9.17) is 5.73 Å². The molecule has 0 radical (unpaired) electrons. The van der Waals surface area contributed by atoms with Gasteiger partial charge in [-0.1, -0.05) is 6.07 Å². The number of hydrogen-bond acceptors (Lipinski definition) is 3. The molecule has 0 aliphatic carbocycles. The Morgan fingerprint density at radius 2 is 2.25 bits per heavy atom. The summed E-state index contributed by atoms with van der Waals surface area (Å²) in [5.74, 6) is -0.0439. The van der Waals surface area contributed by atoms with Gasteiger partial charge in [0.25, 0.3) is 0 Å². The first-order valence-corrected chi connectivity index (χ1v) is 5.34. The van der Waals surface area contributed by atoms with E-state index in [1.807, 2.05) is 32.9 Å². The van der Waals surface area contributed by atoms with E-state index in [0.717, 1.165) is 11.3 Å². The third kappa shape index (κ3) is 4.40. The standard InChI is InChI=1S/C12H19N3O/c1-9-5-4-6-14-10(9)8-15-11(16)7-12(2,3)13/h4-6H,7-8,13H2,1-3H3,(H,15,16). The topological polar surface area (TPSA) is 68.0 Å². The predicted molar refractivity (Wildman–Crippen MR) is 63.7 cm³/mol. The SMILES string of the molecule is Cc1cccnc1CNC(=O)CC(C)(C)N. The number of aryl methyl sites for hydroxylation is 1. The van der Waals surface area contributed by atoms with Crippen molar-refractivity contribution >= 4 is 5.91 Å². The molecule has 4 heteroatoms. The van der Waals surface area contributed by atoms with Gasteiger partial charge >= 0.3 is 0 Å². The van der Waals surface area contributed by atoms with Crippen molar-refractivity contribution in [1.29, 1.82) is 0 Å². The molecule has 0 unspecified atom stereocenters. The van der Waals surface area contributed by atoms with Gasteiger partial charge in [0, 0.05) is 18.2 Å². The van der Waals surface area contributed by atoms with Gasteiger partial charge in [0.1, 0.15) is 0 Å². The molecule has 1 amide bonds. The molecule has 0 aliphatic heterocycles. The van der Waals surface area contributed by atoms with Crippen molar-refractivity contribution in [3.05, 3.63) is 29.6 Å². The van der Waals surface area contributed by atoms with Crippen LogP contribution in [-0.4, -0.2) is 16.4 Å². The molecule has 0 aliphatic rings. The van der Waals surface area contributed by atoms with Crippen LogP contribution in [0, 0.1) is 6.92 Å². The fraction of sp³-hybridized carbons (Fsp3) is 0.500. The highest BCUT2D eigenvalue weighted by Gasteiger charge is 2.16. The van der Waals surface area contributed by atoms with Crippen LogP contribution in [0.1, 0.15) is 31.5 Å². The molecule has 0 saturated carbocycles. The van der Waals surface area contributed by atoms with Crippen LogP contribution in [0.2, 0.25) is 0 Å². The van der Waals surface area contributed by atoms with E-state index < -0.39 is 5.54 Å². The zero-order valence-corrected chi connectivity index (χ0v) is 10.1. The van der Waals surface area contributed by atoms with E-state index in [1.54, 1.807) is 6.20 Å². The zero-order chi connectivity index (χ0) is 12.2. The van der Waals surface area contributed by atoms with Crippen LogP contribution in [0.15, 0.2) is 18.3 Å². The number of hydrogen-bond donors (Lipinski definition) is 2. The molecule has 88 valence electrons. The van der Waals surface area contributed by atoms with Gasteiger partial charge in [-0.3, -0.25) is 9.78 Å². The molecule has 4 nitrogen and oxygen atoms in total. The number of carbonyl (C=O) groups excluding carboxylic acids is 1. The van der Waals surface area contributed by atoms with E-state index in [9.17, 15) is 4.79 Å². The maximum Gasteiger partial charge on any atom is 0.222 e. The summed E-state index contributed by atoms with van der Waals surface area (Å²) in [5.41, 5.74) is 7.26. The van der Waals surface area contributed by atoms with Gasteiger partial charge in [-0.15, -0.1) is 0 Å². The Balaban J connectivity index is 2.47. The summed E-state index contributed by atoms with van der Waals surface area (Å²) >= 11 is 0. The molecular formula is C12H19N3O. The van der Waals surface area contributed by atoms with E-state index in [1.165, 1.54) is 0 Å². The van der Waals surface area contributed by atoms with Crippen LogP contribution >= 0.6 is 0 Å². The van der Waals surface area contributed by atoms with Gasteiger partial charge in [-0.05, 0) is 32.4 Å². The smallest absolute Gasteiger partial charge is 0.222 e. The summed E-state index contributed by atoms with van der Waals surface area (Å²) in [7, 11) is 0. The number of nitrogens with two attached hydrogens (primary N) is 1. The van der Waals surface area contributed by atoms with E-state index >= 15 is 0 Å². The zero-order valence-electron chi connectivity index (χ0n) is 10.1. The van der Waals surface area contributed by atoms with Crippen LogP contribution < -0.4 is 11.1 Å². The maximum atomic E-state index is 11.5. The Kier molecular flexibility index (Phi) is 4.01. The van der Waals surface area contributed by atoms with Crippen molar-refractivity contribution < 1.29 is 4.79 Å². The number of pyridine rings is 1. The Hall–Kier alpha value is -1.42. The minimum absolute atomic E-state index is 0.0439. The summed E-state index contributed by atoms with van der Waals surface area (Å²) in [6, 6.07) is 3.85. The van der Waals surface area contributed by atoms with Gasteiger partial charge in [-0.2, -0.15) is 0 Å². The average molecular weight is 221 g/mol. The Bertz CT molecular complexity index is 369. The molecule has 0 atom stereocenters. The number of carbonyl (C=O) groups is 1. The molecule has 1 rings (SSSR count). The molecule has 1 aromatic heterocycles. The highest BCUT2D eigenvalue weighted by molar-refractivity contribution is 5.77. The molecule has 16 heavy (non-hydrogen) atoms. The number of amides is 1. The number of nitrogens with zero attached hydrogens (tertiary/aromatic N) is 1. The lowest BCUT2D eigenvalue weighted by atomic mass is 10.0. The summed E-state index contributed by atoms with van der Waals surface area (Å²) in [4.78, 5) is 15.7. The van der Waals surface area contributed by atoms with Gasteiger partial charge in [0.2, 0.25) is 5.91 Å². The molecule has 0 saturated heterocycles. The number of rotatable bonds is 4. The fourth-order valence-corrected chi connectivity index (χ4v) is 1.36. The molecule has 1 heterocycles. The summed E-state index contributed by atoms with van der Waals surface area (Å²) in [5, 5.41) is 2.81. The first-order chi connectivity index (χ1) is 7.38. The summed E-state index contributed by atoms with van der Waals surface area (Å²) in [6.07, 6.45) is 2.04. The minimum Gasteiger partial charge on any atom is -0.350 e. The van der Waals surface area contributed by atoms with E-state index in [2.05, 4.69) is 10.3 Å². The lowest BCUT2D eigenvalue weighted by Crippen LogP contribution is -2.39.